The van der Waals surface area contributed by atoms with Gasteiger partial charge in [0.15, 0.2) is 0 Å². The average molecular weight is 293 g/mol. The highest BCUT2D eigenvalue weighted by Crippen LogP contribution is 2.20. The molecule has 0 unspecified atom stereocenters. The lowest BCUT2D eigenvalue weighted by atomic mass is 10.1. The molecule has 0 aliphatic rings. The van der Waals surface area contributed by atoms with Crippen LogP contribution in [0.15, 0.2) is 24.3 Å². The topological polar surface area (TPSA) is 73.3 Å². The van der Waals surface area contributed by atoms with Crippen molar-refractivity contribution in [3.63, 3.8) is 0 Å². The Morgan fingerprint density at radius 2 is 2.05 bits per heavy atom. The minimum atomic E-state index is -0.514. The molecule has 1 aromatic carbocycles. The van der Waals surface area contributed by atoms with Crippen LogP contribution < -0.4 is 10.1 Å². The van der Waals surface area contributed by atoms with Crippen molar-refractivity contribution >= 4 is 22.6 Å². The molecule has 106 valence electrons. The number of nitrogens with one attached hydrogen (secondary N) is 1. The van der Waals surface area contributed by atoms with Crippen molar-refractivity contribution in [2.24, 2.45) is 0 Å². The predicted octanol–water partition coefficient (Wildman–Crippen LogP) is 2.71. The van der Waals surface area contributed by atoms with Gasteiger partial charge >= 0.3 is 6.09 Å². The fourth-order valence-electron chi connectivity index (χ4n) is 1.55. The van der Waals surface area contributed by atoms with Gasteiger partial charge in [-0.05, 0) is 24.6 Å². The zero-order valence-electron chi connectivity index (χ0n) is 11.3. The Labute approximate surface area is 120 Å². The van der Waals surface area contributed by atoms with Gasteiger partial charge in [0.05, 0.1) is 13.7 Å². The Balaban J connectivity index is 1.96. The van der Waals surface area contributed by atoms with Gasteiger partial charge < -0.3 is 9.47 Å². The fourth-order valence-corrected chi connectivity index (χ4v) is 2.31. The maximum atomic E-state index is 11.2. The Hall–Kier alpha value is -2.15. The number of methoxy groups -OCH3 is 1. The van der Waals surface area contributed by atoms with Crippen LogP contribution in [-0.4, -0.2) is 30.0 Å². The van der Waals surface area contributed by atoms with E-state index in [0.717, 1.165) is 16.3 Å². The molecule has 0 fully saturated rings. The number of rotatable bonds is 5. The lowest BCUT2D eigenvalue weighted by molar-refractivity contribution is 0.168. The number of amides is 1. The third kappa shape index (κ3) is 3.92. The van der Waals surface area contributed by atoms with E-state index in [1.54, 1.807) is 14.0 Å². The molecule has 0 atom stereocenters. The largest absolute Gasteiger partial charge is 0.497 e. The number of hydrogen-bond donors (Lipinski definition) is 1. The van der Waals surface area contributed by atoms with E-state index in [-0.39, 0.29) is 0 Å². The number of nitrogens with zero attached hydrogens (tertiary/aromatic N) is 2. The molecular weight excluding hydrogens is 278 g/mol. The van der Waals surface area contributed by atoms with E-state index in [1.165, 1.54) is 11.3 Å². The van der Waals surface area contributed by atoms with Gasteiger partial charge in [0.2, 0.25) is 5.13 Å². The lowest BCUT2D eigenvalue weighted by Crippen LogP contribution is -2.12. The van der Waals surface area contributed by atoms with Crippen LogP contribution in [0.5, 0.6) is 5.75 Å². The number of benzene rings is 1. The third-order valence-electron chi connectivity index (χ3n) is 2.47. The van der Waals surface area contributed by atoms with Crippen molar-refractivity contribution in [3.05, 3.63) is 34.8 Å². The molecule has 0 aliphatic carbocycles. The summed E-state index contributed by atoms with van der Waals surface area (Å²) in [6.45, 7) is 2.07. The summed E-state index contributed by atoms with van der Waals surface area (Å²) in [7, 11) is 1.63. The number of carbonyl (C=O) groups is 1. The van der Waals surface area contributed by atoms with Gasteiger partial charge in [0.25, 0.3) is 0 Å². The first-order valence-electron chi connectivity index (χ1n) is 6.10. The van der Waals surface area contributed by atoms with Crippen LogP contribution in [0.2, 0.25) is 0 Å². The molecule has 0 spiro atoms. The minimum Gasteiger partial charge on any atom is -0.497 e. The Bertz CT molecular complexity index is 568. The zero-order chi connectivity index (χ0) is 14.4. The van der Waals surface area contributed by atoms with E-state index in [9.17, 15) is 4.79 Å². The molecule has 0 bridgehead atoms. The molecule has 2 rings (SSSR count). The SMILES string of the molecule is CCOC(=O)Nc1nnc(Cc2ccc(OC)cc2)s1. The summed E-state index contributed by atoms with van der Waals surface area (Å²) >= 11 is 1.33. The van der Waals surface area contributed by atoms with E-state index >= 15 is 0 Å². The molecule has 1 N–H and O–H groups in total. The van der Waals surface area contributed by atoms with E-state index in [2.05, 4.69) is 15.5 Å². The maximum Gasteiger partial charge on any atom is 0.413 e. The first-order valence-corrected chi connectivity index (χ1v) is 6.92. The Kier molecular flexibility index (Phi) is 4.89. The Morgan fingerprint density at radius 1 is 1.30 bits per heavy atom. The van der Waals surface area contributed by atoms with Gasteiger partial charge in [-0.25, -0.2) is 4.79 Å². The molecule has 0 saturated carbocycles. The summed E-state index contributed by atoms with van der Waals surface area (Å²) in [6, 6.07) is 7.74. The molecular formula is C13H15N3O3S. The molecule has 0 radical (unpaired) electrons. The van der Waals surface area contributed by atoms with E-state index < -0.39 is 6.09 Å². The number of carbonyl (C=O) groups excluding carboxylic acids is 1. The summed E-state index contributed by atoms with van der Waals surface area (Å²) in [5.41, 5.74) is 1.10. The number of anilines is 1. The molecule has 1 aromatic heterocycles. The van der Waals surface area contributed by atoms with Crippen LogP contribution >= 0.6 is 11.3 Å². The Morgan fingerprint density at radius 3 is 2.70 bits per heavy atom. The summed E-state index contributed by atoms with van der Waals surface area (Å²) in [4.78, 5) is 11.2. The van der Waals surface area contributed by atoms with Crippen molar-refractivity contribution in [2.45, 2.75) is 13.3 Å². The standard InChI is InChI=1S/C13H15N3O3S/c1-3-19-13(17)14-12-16-15-11(20-12)8-9-4-6-10(18-2)7-5-9/h4-7H,3,8H2,1-2H3,(H,14,16,17). The van der Waals surface area contributed by atoms with Crippen LogP contribution in [0.25, 0.3) is 0 Å². The maximum absolute atomic E-state index is 11.2. The van der Waals surface area contributed by atoms with Gasteiger partial charge in [-0.1, -0.05) is 23.5 Å². The molecule has 1 heterocycles. The zero-order valence-corrected chi connectivity index (χ0v) is 12.1. The number of aromatic nitrogens is 2. The van der Waals surface area contributed by atoms with Crippen molar-refractivity contribution in [1.82, 2.24) is 10.2 Å². The quantitative estimate of drug-likeness (QED) is 0.917. The van der Waals surface area contributed by atoms with E-state index in [1.807, 2.05) is 24.3 Å². The van der Waals surface area contributed by atoms with Crippen LogP contribution in [0.3, 0.4) is 0 Å². The normalized spacial score (nSPS) is 10.1. The second kappa shape index (κ2) is 6.85. The summed E-state index contributed by atoms with van der Waals surface area (Å²) in [5, 5.41) is 11.7. The monoisotopic (exact) mass is 293 g/mol. The smallest absolute Gasteiger partial charge is 0.413 e. The molecule has 2 aromatic rings. The van der Waals surface area contributed by atoms with Crippen molar-refractivity contribution < 1.29 is 14.3 Å². The number of hydrogen-bond acceptors (Lipinski definition) is 6. The molecule has 0 saturated heterocycles. The molecule has 20 heavy (non-hydrogen) atoms. The average Bonchev–Trinajstić information content (AvgIpc) is 2.87. The fraction of sp³-hybridized carbons (Fsp3) is 0.308. The van der Waals surface area contributed by atoms with Gasteiger partial charge in [-0.2, -0.15) is 0 Å². The summed E-state index contributed by atoms with van der Waals surface area (Å²) in [6.07, 6.45) is 0.145. The molecule has 0 aliphatic heterocycles. The predicted molar refractivity (Wildman–Crippen MR) is 76.4 cm³/mol. The number of ether oxygens (including phenoxy) is 2. The van der Waals surface area contributed by atoms with E-state index in [0.29, 0.717) is 18.2 Å². The summed E-state index contributed by atoms with van der Waals surface area (Å²) in [5.74, 6) is 0.815. The molecule has 7 heteroatoms. The molecule has 1 amide bonds. The highest BCUT2D eigenvalue weighted by atomic mass is 32.1. The highest BCUT2D eigenvalue weighted by Gasteiger charge is 2.09. The molecule has 6 nitrogen and oxygen atoms in total. The van der Waals surface area contributed by atoms with Gasteiger partial charge in [0, 0.05) is 6.42 Å². The van der Waals surface area contributed by atoms with Gasteiger partial charge in [-0.3, -0.25) is 5.32 Å². The van der Waals surface area contributed by atoms with Crippen LogP contribution in [0.1, 0.15) is 17.5 Å². The second-order valence-electron chi connectivity index (χ2n) is 3.87. The van der Waals surface area contributed by atoms with Crippen LogP contribution in [-0.2, 0) is 11.2 Å². The first-order chi connectivity index (χ1) is 9.71. The van der Waals surface area contributed by atoms with Crippen molar-refractivity contribution in [3.8, 4) is 5.75 Å². The van der Waals surface area contributed by atoms with Gasteiger partial charge in [-0.15, -0.1) is 10.2 Å². The summed E-state index contributed by atoms with van der Waals surface area (Å²) < 4.78 is 9.88. The van der Waals surface area contributed by atoms with E-state index in [4.69, 9.17) is 9.47 Å². The second-order valence-corrected chi connectivity index (χ2v) is 4.93. The van der Waals surface area contributed by atoms with Crippen molar-refractivity contribution in [1.29, 1.82) is 0 Å². The van der Waals surface area contributed by atoms with Crippen LogP contribution in [0.4, 0.5) is 9.93 Å². The first kappa shape index (κ1) is 14.3. The minimum absolute atomic E-state index is 0.323. The van der Waals surface area contributed by atoms with Gasteiger partial charge in [0.1, 0.15) is 10.8 Å². The highest BCUT2D eigenvalue weighted by molar-refractivity contribution is 7.15. The third-order valence-corrected chi connectivity index (χ3v) is 3.30. The van der Waals surface area contributed by atoms with Crippen LogP contribution in [0, 0.1) is 0 Å². The lowest BCUT2D eigenvalue weighted by Gasteiger charge is -2.01. The van der Waals surface area contributed by atoms with Crippen molar-refractivity contribution in [2.75, 3.05) is 19.0 Å².